The van der Waals surface area contributed by atoms with E-state index in [0.717, 1.165) is 51.1 Å². The Balaban J connectivity index is 1.42. The van der Waals surface area contributed by atoms with Gasteiger partial charge in [-0.05, 0) is 73.4 Å². The number of anilines is 1. The highest BCUT2D eigenvalue weighted by Gasteiger charge is 2.36. The molecule has 32 heavy (non-hydrogen) atoms. The van der Waals surface area contributed by atoms with E-state index in [-0.39, 0.29) is 17.8 Å². The normalized spacial score (nSPS) is 23.8. The van der Waals surface area contributed by atoms with E-state index in [1.54, 1.807) is 11.0 Å². The lowest BCUT2D eigenvalue weighted by molar-refractivity contribution is -0.123. The van der Waals surface area contributed by atoms with Crippen LogP contribution in [0.3, 0.4) is 0 Å². The van der Waals surface area contributed by atoms with Gasteiger partial charge < -0.3 is 9.64 Å². The highest BCUT2D eigenvalue weighted by molar-refractivity contribution is 8.18. The summed E-state index contributed by atoms with van der Waals surface area (Å²) < 4.78 is 20.5. The Kier molecular flexibility index (Phi) is 6.28. The molecule has 1 amide bonds. The number of carbonyl (C=O) groups excluding carboxylic acids is 1. The smallest absolute Gasteiger partial charge is 0.266 e. The number of amides is 1. The predicted molar refractivity (Wildman–Crippen MR) is 128 cm³/mol. The van der Waals surface area contributed by atoms with Gasteiger partial charge in [-0.15, -0.1) is 0 Å². The first-order valence-electron chi connectivity index (χ1n) is 11.2. The van der Waals surface area contributed by atoms with Crippen molar-refractivity contribution in [3.8, 4) is 0 Å². The summed E-state index contributed by atoms with van der Waals surface area (Å²) in [5, 5.41) is 0.636. The Morgan fingerprint density at radius 3 is 2.66 bits per heavy atom. The second-order valence-corrected chi connectivity index (χ2v) is 9.31. The van der Waals surface area contributed by atoms with Crippen LogP contribution < -0.4 is 4.90 Å². The number of nitrogens with zero attached hydrogens (tertiary/aromatic N) is 3. The number of ether oxygens (including phenoxy) is 1. The summed E-state index contributed by atoms with van der Waals surface area (Å²) in [4.78, 5) is 22.3. The first kappa shape index (κ1) is 21.2. The van der Waals surface area contributed by atoms with Crippen LogP contribution in [0.5, 0.6) is 0 Å². The molecule has 0 radical (unpaired) electrons. The van der Waals surface area contributed by atoms with Gasteiger partial charge in [-0.2, -0.15) is 0 Å². The van der Waals surface area contributed by atoms with Gasteiger partial charge in [-0.25, -0.2) is 9.38 Å². The second-order valence-electron chi connectivity index (χ2n) is 8.30. The minimum Gasteiger partial charge on any atom is -0.376 e. The Labute approximate surface area is 192 Å². The number of halogens is 1. The van der Waals surface area contributed by atoms with Crippen LogP contribution in [-0.2, 0) is 9.53 Å². The van der Waals surface area contributed by atoms with Crippen molar-refractivity contribution >= 4 is 40.3 Å². The second kappa shape index (κ2) is 9.46. The average molecular weight is 452 g/mol. The van der Waals surface area contributed by atoms with Gasteiger partial charge in [0.1, 0.15) is 5.82 Å². The van der Waals surface area contributed by atoms with Crippen LogP contribution in [0.15, 0.2) is 58.4 Å². The highest BCUT2D eigenvalue weighted by atomic mass is 32.2. The van der Waals surface area contributed by atoms with Crippen molar-refractivity contribution in [1.82, 2.24) is 4.90 Å². The van der Waals surface area contributed by atoms with Crippen molar-refractivity contribution in [3.63, 3.8) is 0 Å². The lowest BCUT2D eigenvalue weighted by atomic mass is 10.1. The molecule has 3 heterocycles. The maximum absolute atomic E-state index is 14.8. The van der Waals surface area contributed by atoms with E-state index < -0.39 is 0 Å². The predicted octanol–water partition coefficient (Wildman–Crippen LogP) is 5.21. The van der Waals surface area contributed by atoms with Gasteiger partial charge >= 0.3 is 0 Å². The molecule has 166 valence electrons. The van der Waals surface area contributed by atoms with Crippen LogP contribution in [0.25, 0.3) is 6.08 Å². The van der Waals surface area contributed by atoms with Gasteiger partial charge in [0.15, 0.2) is 5.17 Å². The monoisotopic (exact) mass is 451 g/mol. The molecule has 1 atom stereocenters. The molecule has 3 saturated heterocycles. The molecule has 5 rings (SSSR count). The van der Waals surface area contributed by atoms with Gasteiger partial charge in [0.2, 0.25) is 0 Å². The first-order valence-corrected chi connectivity index (χ1v) is 12.0. The summed E-state index contributed by atoms with van der Waals surface area (Å²) in [7, 11) is 0. The highest BCUT2D eigenvalue weighted by Crippen LogP contribution is 2.35. The lowest BCUT2D eigenvalue weighted by Crippen LogP contribution is -2.36. The van der Waals surface area contributed by atoms with Crippen molar-refractivity contribution < 1.29 is 13.9 Å². The fourth-order valence-corrected chi connectivity index (χ4v) is 5.34. The van der Waals surface area contributed by atoms with Crippen molar-refractivity contribution in [1.29, 1.82) is 0 Å². The number of hydrogen-bond acceptors (Lipinski definition) is 5. The third-order valence-electron chi connectivity index (χ3n) is 6.00. The number of carbonyl (C=O) groups is 1. The zero-order valence-corrected chi connectivity index (χ0v) is 18.7. The van der Waals surface area contributed by atoms with E-state index in [4.69, 9.17) is 9.73 Å². The Morgan fingerprint density at radius 2 is 1.94 bits per heavy atom. The molecule has 3 aliphatic heterocycles. The van der Waals surface area contributed by atoms with Crippen molar-refractivity contribution in [2.24, 2.45) is 4.99 Å². The Bertz CT molecular complexity index is 1040. The number of para-hydroxylation sites is 1. The number of hydrogen-bond donors (Lipinski definition) is 0. The number of amidine groups is 1. The Morgan fingerprint density at radius 1 is 1.12 bits per heavy atom. The minimum atomic E-state index is -0.244. The average Bonchev–Trinajstić information content (AvgIpc) is 3.55. The first-order chi connectivity index (χ1) is 15.7. The summed E-state index contributed by atoms with van der Waals surface area (Å²) >= 11 is 1.33. The number of benzene rings is 2. The van der Waals surface area contributed by atoms with Crippen LogP contribution in [0, 0.1) is 5.82 Å². The summed E-state index contributed by atoms with van der Waals surface area (Å²) in [6.45, 7) is 3.00. The fourth-order valence-electron chi connectivity index (χ4n) is 4.34. The molecule has 3 fully saturated rings. The number of aliphatic imine (C=N–C) groups is 1. The summed E-state index contributed by atoms with van der Waals surface area (Å²) in [6.07, 6.45) is 5.93. The molecule has 0 N–H and O–H groups in total. The largest absolute Gasteiger partial charge is 0.376 e. The van der Waals surface area contributed by atoms with Crippen LogP contribution >= 0.6 is 11.8 Å². The maximum atomic E-state index is 14.8. The number of rotatable bonds is 5. The van der Waals surface area contributed by atoms with Crippen molar-refractivity contribution in [2.45, 2.75) is 31.8 Å². The van der Waals surface area contributed by atoms with Crippen LogP contribution in [0.2, 0.25) is 0 Å². The molecule has 0 saturated carbocycles. The fraction of sp³-hybridized carbons (Fsp3) is 0.360. The molecule has 2 aromatic carbocycles. The van der Waals surface area contributed by atoms with Gasteiger partial charge in [0.25, 0.3) is 5.91 Å². The zero-order chi connectivity index (χ0) is 21.9. The molecular formula is C25H26FN3O2S. The quantitative estimate of drug-likeness (QED) is 0.586. The molecule has 3 aliphatic rings. The SMILES string of the molecule is O=C1/C(=C/c2ccc(N3CCCC3)c(F)c2)SC(=Nc2ccccc2)N1C[C@H]1CCCO1. The van der Waals surface area contributed by atoms with Crippen molar-refractivity contribution in [3.05, 3.63) is 64.8 Å². The molecule has 0 aromatic heterocycles. The molecule has 2 aromatic rings. The molecule has 0 aliphatic carbocycles. The van der Waals surface area contributed by atoms with Gasteiger partial charge in [-0.1, -0.05) is 24.3 Å². The topological polar surface area (TPSA) is 45.1 Å². The lowest BCUT2D eigenvalue weighted by Gasteiger charge is -2.19. The van der Waals surface area contributed by atoms with Crippen LogP contribution in [-0.4, -0.2) is 48.3 Å². The van der Waals surface area contributed by atoms with E-state index in [1.807, 2.05) is 42.5 Å². The molecule has 0 bridgehead atoms. The van der Waals surface area contributed by atoms with Gasteiger partial charge in [0, 0.05) is 19.7 Å². The molecule has 0 unspecified atom stereocenters. The zero-order valence-electron chi connectivity index (χ0n) is 17.9. The van der Waals surface area contributed by atoms with Crippen LogP contribution in [0.1, 0.15) is 31.2 Å². The van der Waals surface area contributed by atoms with E-state index in [0.29, 0.717) is 27.9 Å². The molecule has 7 heteroatoms. The molecule has 0 spiro atoms. The standard InChI is InChI=1S/C25H26FN3O2S/c26-21-15-18(10-11-22(21)28-12-4-5-13-28)16-23-24(30)29(17-20-9-6-14-31-20)25(32-23)27-19-7-2-1-3-8-19/h1-3,7-8,10-11,15-16,20H,4-6,9,12-14,17H2/b23-16-,27-25?/t20-/m1/s1. The summed E-state index contributed by atoms with van der Waals surface area (Å²) in [5.41, 5.74) is 2.11. The van der Waals surface area contributed by atoms with Crippen molar-refractivity contribution in [2.75, 3.05) is 31.1 Å². The van der Waals surface area contributed by atoms with Gasteiger partial charge in [0.05, 0.1) is 28.9 Å². The van der Waals surface area contributed by atoms with Gasteiger partial charge in [-0.3, -0.25) is 9.69 Å². The third-order valence-corrected chi connectivity index (χ3v) is 7.00. The third kappa shape index (κ3) is 4.59. The Hall–Kier alpha value is -2.64. The van der Waals surface area contributed by atoms with E-state index in [2.05, 4.69) is 4.90 Å². The van der Waals surface area contributed by atoms with E-state index in [9.17, 15) is 9.18 Å². The maximum Gasteiger partial charge on any atom is 0.266 e. The minimum absolute atomic E-state index is 0.0251. The molecule has 5 nitrogen and oxygen atoms in total. The molecular weight excluding hydrogens is 425 g/mol. The number of thioether (sulfide) groups is 1. The van der Waals surface area contributed by atoms with E-state index in [1.165, 1.54) is 17.8 Å². The van der Waals surface area contributed by atoms with E-state index >= 15 is 0 Å². The van der Waals surface area contributed by atoms with Crippen LogP contribution in [0.4, 0.5) is 15.8 Å². The summed E-state index contributed by atoms with van der Waals surface area (Å²) in [5.74, 6) is -0.352. The summed E-state index contributed by atoms with van der Waals surface area (Å²) in [6, 6.07) is 14.8.